The highest BCUT2D eigenvalue weighted by Crippen LogP contribution is 2.24. The van der Waals surface area contributed by atoms with Crippen molar-refractivity contribution in [2.24, 2.45) is 0 Å². The van der Waals surface area contributed by atoms with Gasteiger partial charge in [0, 0.05) is 56.0 Å². The first kappa shape index (κ1) is 21.3. The Balaban J connectivity index is 1.69. The smallest absolute Gasteiger partial charge is 0.317 e. The van der Waals surface area contributed by atoms with Gasteiger partial charge in [-0.25, -0.2) is 14.2 Å². The minimum atomic E-state index is -0.260. The van der Waals surface area contributed by atoms with E-state index >= 15 is 0 Å². The Morgan fingerprint density at radius 1 is 1.31 bits per heavy atom. The van der Waals surface area contributed by atoms with E-state index in [9.17, 15) is 9.18 Å². The molecule has 2 heterocycles. The van der Waals surface area contributed by atoms with Crippen LogP contribution in [0.2, 0.25) is 0 Å². The fourth-order valence-corrected chi connectivity index (χ4v) is 3.93. The predicted molar refractivity (Wildman–Crippen MR) is 114 cm³/mol. The number of hydrogen-bond acceptors (Lipinski definition) is 4. The monoisotopic (exact) mass is 418 g/mol. The molecule has 0 aliphatic heterocycles. The number of carbonyl (C=O) groups is 1. The normalized spacial score (nSPS) is 11.1. The minimum absolute atomic E-state index is 0.0559. The second-order valence-electron chi connectivity index (χ2n) is 6.83. The third kappa shape index (κ3) is 5.55. The molecule has 3 aromatic rings. The maximum absolute atomic E-state index is 13.2. The Labute approximate surface area is 174 Å². The molecule has 2 aromatic heterocycles. The number of carbonyl (C=O) groups excluding carboxylic acids is 1. The number of nitrogens with one attached hydrogen (secondary N) is 1. The summed E-state index contributed by atoms with van der Waals surface area (Å²) < 4.78 is 20.4. The molecule has 0 atom stereocenters. The molecule has 8 heteroatoms. The molecule has 0 saturated carbocycles. The van der Waals surface area contributed by atoms with Crippen molar-refractivity contribution in [3.05, 3.63) is 47.4 Å². The van der Waals surface area contributed by atoms with Gasteiger partial charge in [-0.15, -0.1) is 11.3 Å². The number of thiazole rings is 1. The van der Waals surface area contributed by atoms with Gasteiger partial charge in [0.25, 0.3) is 0 Å². The lowest BCUT2D eigenvalue weighted by molar-refractivity contribution is 0.149. The van der Waals surface area contributed by atoms with Crippen molar-refractivity contribution >= 4 is 22.3 Å². The van der Waals surface area contributed by atoms with Gasteiger partial charge in [0.05, 0.1) is 12.3 Å². The average Bonchev–Trinajstić information content (AvgIpc) is 3.30. The summed E-state index contributed by atoms with van der Waals surface area (Å²) in [5.41, 5.74) is 2.78. The van der Waals surface area contributed by atoms with Gasteiger partial charge in [0.2, 0.25) is 0 Å². The Bertz CT molecular complexity index is 923. The molecule has 0 unspecified atom stereocenters. The number of urea groups is 1. The Morgan fingerprint density at radius 2 is 2.10 bits per heavy atom. The lowest BCUT2D eigenvalue weighted by Gasteiger charge is -2.22. The number of amides is 2. The van der Waals surface area contributed by atoms with Gasteiger partial charge < -0.3 is 15.0 Å². The molecular formula is C21H27FN4O2S. The summed E-state index contributed by atoms with van der Waals surface area (Å²) in [4.78, 5) is 19.8. The first-order chi connectivity index (χ1) is 14.1. The van der Waals surface area contributed by atoms with Gasteiger partial charge in [-0.1, -0.05) is 13.3 Å². The van der Waals surface area contributed by atoms with E-state index in [1.165, 1.54) is 12.1 Å². The van der Waals surface area contributed by atoms with E-state index in [0.717, 1.165) is 34.8 Å². The molecule has 0 saturated heterocycles. The zero-order valence-electron chi connectivity index (χ0n) is 16.9. The lowest BCUT2D eigenvalue weighted by Crippen LogP contribution is -2.43. The SMILES string of the molecule is CCCCNC(=O)N(CCOC)CCc1csc2nc(-c3ccc(F)cc3)cn12. The molecule has 0 fully saturated rings. The molecule has 3 rings (SSSR count). The standard InChI is InChI=1S/C21H27FN4O2S/c1-3-4-10-23-20(27)25(12-13-28-2)11-9-18-15-29-21-24-19(14-26(18)21)16-5-7-17(22)8-6-16/h5-8,14-15H,3-4,9-13H2,1-2H3,(H,23,27). The molecule has 1 N–H and O–H groups in total. The van der Waals surface area contributed by atoms with Crippen molar-refractivity contribution in [3.63, 3.8) is 0 Å². The first-order valence-electron chi connectivity index (χ1n) is 9.85. The maximum Gasteiger partial charge on any atom is 0.317 e. The van der Waals surface area contributed by atoms with Gasteiger partial charge in [-0.05, 0) is 30.7 Å². The van der Waals surface area contributed by atoms with Crippen LogP contribution in [0.15, 0.2) is 35.8 Å². The van der Waals surface area contributed by atoms with Gasteiger partial charge in [-0.2, -0.15) is 0 Å². The van der Waals surface area contributed by atoms with E-state index in [1.807, 2.05) is 10.6 Å². The second kappa shape index (κ2) is 10.4. The summed E-state index contributed by atoms with van der Waals surface area (Å²) in [6, 6.07) is 6.28. The topological polar surface area (TPSA) is 58.9 Å². The minimum Gasteiger partial charge on any atom is -0.383 e. The fourth-order valence-electron chi connectivity index (χ4n) is 3.02. The molecular weight excluding hydrogens is 391 g/mol. The van der Waals surface area contributed by atoms with Crippen molar-refractivity contribution in [2.75, 3.05) is 33.4 Å². The van der Waals surface area contributed by atoms with Crippen LogP contribution >= 0.6 is 11.3 Å². The van der Waals surface area contributed by atoms with E-state index in [0.29, 0.717) is 32.7 Å². The van der Waals surface area contributed by atoms with Gasteiger partial charge >= 0.3 is 6.03 Å². The summed E-state index contributed by atoms with van der Waals surface area (Å²) in [5, 5.41) is 5.04. The number of nitrogens with zero attached hydrogens (tertiary/aromatic N) is 3. The summed E-state index contributed by atoms with van der Waals surface area (Å²) in [6.07, 6.45) is 4.69. The number of unbranched alkanes of at least 4 members (excludes halogenated alkanes) is 1. The van der Waals surface area contributed by atoms with E-state index in [2.05, 4.69) is 22.6 Å². The fraction of sp³-hybridized carbons (Fsp3) is 0.429. The number of ether oxygens (including phenoxy) is 1. The maximum atomic E-state index is 13.2. The van der Waals surface area contributed by atoms with Crippen LogP contribution in [0.4, 0.5) is 9.18 Å². The van der Waals surface area contributed by atoms with Crippen LogP contribution in [0.1, 0.15) is 25.5 Å². The molecule has 0 bridgehead atoms. The number of hydrogen-bond donors (Lipinski definition) is 1. The van der Waals surface area contributed by atoms with Crippen molar-refractivity contribution in [2.45, 2.75) is 26.2 Å². The van der Waals surface area contributed by atoms with E-state index in [1.54, 1.807) is 35.5 Å². The van der Waals surface area contributed by atoms with Crippen molar-refractivity contribution < 1.29 is 13.9 Å². The molecule has 156 valence electrons. The Morgan fingerprint density at radius 3 is 2.83 bits per heavy atom. The highest BCUT2D eigenvalue weighted by molar-refractivity contribution is 7.15. The second-order valence-corrected chi connectivity index (χ2v) is 7.66. The quantitative estimate of drug-likeness (QED) is 0.502. The molecule has 0 spiro atoms. The summed E-state index contributed by atoms with van der Waals surface area (Å²) in [5.74, 6) is -0.260. The third-order valence-corrected chi connectivity index (χ3v) is 5.61. The number of fused-ring (bicyclic) bond motifs is 1. The van der Waals surface area contributed by atoms with Crippen LogP contribution in [0.25, 0.3) is 16.2 Å². The predicted octanol–water partition coefficient (Wildman–Crippen LogP) is 4.20. The summed E-state index contributed by atoms with van der Waals surface area (Å²) >= 11 is 1.56. The lowest BCUT2D eigenvalue weighted by atomic mass is 10.2. The number of methoxy groups -OCH3 is 1. The van der Waals surface area contributed by atoms with Crippen LogP contribution in [0.3, 0.4) is 0 Å². The average molecular weight is 419 g/mol. The molecule has 0 radical (unpaired) electrons. The van der Waals surface area contributed by atoms with Crippen LogP contribution in [0, 0.1) is 5.82 Å². The molecule has 6 nitrogen and oxygen atoms in total. The van der Waals surface area contributed by atoms with Crippen molar-refractivity contribution in [3.8, 4) is 11.3 Å². The van der Waals surface area contributed by atoms with Crippen molar-refractivity contribution in [1.29, 1.82) is 0 Å². The molecule has 0 aliphatic carbocycles. The highest BCUT2D eigenvalue weighted by Gasteiger charge is 2.15. The zero-order valence-corrected chi connectivity index (χ0v) is 17.7. The molecule has 29 heavy (non-hydrogen) atoms. The molecule has 0 aliphatic rings. The Hall–Kier alpha value is -2.45. The van der Waals surface area contributed by atoms with Crippen LogP contribution in [-0.4, -0.2) is 53.7 Å². The molecule has 1 aromatic carbocycles. The van der Waals surface area contributed by atoms with E-state index in [-0.39, 0.29) is 11.8 Å². The van der Waals surface area contributed by atoms with Crippen LogP contribution in [0.5, 0.6) is 0 Å². The number of rotatable bonds is 10. The zero-order chi connectivity index (χ0) is 20.6. The van der Waals surface area contributed by atoms with Gasteiger partial charge in [-0.3, -0.25) is 4.40 Å². The van der Waals surface area contributed by atoms with E-state index in [4.69, 9.17) is 4.74 Å². The van der Waals surface area contributed by atoms with Crippen LogP contribution < -0.4 is 5.32 Å². The summed E-state index contributed by atoms with van der Waals surface area (Å²) in [7, 11) is 1.64. The number of aromatic nitrogens is 2. The van der Waals surface area contributed by atoms with Gasteiger partial charge in [0.1, 0.15) is 5.82 Å². The largest absolute Gasteiger partial charge is 0.383 e. The Kier molecular flexibility index (Phi) is 7.60. The highest BCUT2D eigenvalue weighted by atomic mass is 32.1. The number of imidazole rings is 1. The van der Waals surface area contributed by atoms with Crippen LogP contribution in [-0.2, 0) is 11.2 Å². The number of benzene rings is 1. The number of halogens is 1. The summed E-state index contributed by atoms with van der Waals surface area (Å²) in [6.45, 7) is 4.43. The van der Waals surface area contributed by atoms with Gasteiger partial charge in [0.15, 0.2) is 4.96 Å². The first-order valence-corrected chi connectivity index (χ1v) is 10.7. The van der Waals surface area contributed by atoms with E-state index < -0.39 is 0 Å². The molecule has 2 amide bonds. The van der Waals surface area contributed by atoms with Crippen molar-refractivity contribution in [1.82, 2.24) is 19.6 Å². The third-order valence-electron chi connectivity index (χ3n) is 4.72.